The minimum Gasteiger partial charge on any atom is -0.370 e. The molecule has 0 radical (unpaired) electrons. The monoisotopic (exact) mass is 198 g/mol. The Labute approximate surface area is 84.1 Å². The summed E-state index contributed by atoms with van der Waals surface area (Å²) >= 11 is 0. The number of hydrogen-bond acceptors (Lipinski definition) is 2. The smallest absolute Gasteiger partial charge is 0.220 e. The van der Waals surface area contributed by atoms with Crippen LogP contribution < -0.4 is 11.1 Å². The number of rotatable bonds is 2. The van der Waals surface area contributed by atoms with Crippen LogP contribution in [0.2, 0.25) is 0 Å². The average molecular weight is 198 g/mol. The lowest BCUT2D eigenvalue weighted by molar-refractivity contribution is -0.121. The van der Waals surface area contributed by atoms with E-state index in [-0.39, 0.29) is 11.9 Å². The molecular weight excluding hydrogens is 180 g/mol. The topological polar surface area (TPSA) is 82.2 Å². The van der Waals surface area contributed by atoms with Crippen molar-refractivity contribution in [2.24, 2.45) is 11.7 Å². The number of hydrogen-bond donors (Lipinski definition) is 3. The molecular formula is C9H18N4O. The molecule has 1 rings (SSSR count). The van der Waals surface area contributed by atoms with Crippen LogP contribution in [0.25, 0.3) is 0 Å². The molecule has 0 saturated carbocycles. The Bertz CT molecular complexity index is 221. The Hall–Kier alpha value is -1.26. The number of amides is 1. The van der Waals surface area contributed by atoms with Gasteiger partial charge in [0.05, 0.1) is 0 Å². The van der Waals surface area contributed by atoms with Gasteiger partial charge in [-0.3, -0.25) is 10.2 Å². The Kier molecular flexibility index (Phi) is 3.73. The van der Waals surface area contributed by atoms with Crippen LogP contribution in [0, 0.1) is 11.3 Å². The fraction of sp³-hybridized carbons (Fsp3) is 0.778. The lowest BCUT2D eigenvalue weighted by Gasteiger charge is -2.31. The van der Waals surface area contributed by atoms with E-state index in [4.69, 9.17) is 11.1 Å². The number of likely N-dealkylation sites (tertiary alicyclic amines) is 1. The van der Waals surface area contributed by atoms with E-state index in [0.717, 1.165) is 25.9 Å². The summed E-state index contributed by atoms with van der Waals surface area (Å²) in [6.07, 6.45) is 2.50. The summed E-state index contributed by atoms with van der Waals surface area (Å²) in [5.74, 6) is 0.695. The van der Waals surface area contributed by atoms with E-state index in [9.17, 15) is 4.79 Å². The van der Waals surface area contributed by atoms with Crippen molar-refractivity contribution in [2.75, 3.05) is 20.1 Å². The Morgan fingerprint density at radius 1 is 1.57 bits per heavy atom. The van der Waals surface area contributed by atoms with Gasteiger partial charge < -0.3 is 16.0 Å². The molecule has 1 aliphatic heterocycles. The highest BCUT2D eigenvalue weighted by molar-refractivity contribution is 5.76. The van der Waals surface area contributed by atoms with Gasteiger partial charge in [-0.2, -0.15) is 0 Å². The van der Waals surface area contributed by atoms with E-state index in [1.807, 2.05) is 4.90 Å². The molecule has 0 atom stereocenters. The summed E-state index contributed by atoms with van der Waals surface area (Å²) in [4.78, 5) is 13.0. The van der Waals surface area contributed by atoms with Crippen molar-refractivity contribution in [3.05, 3.63) is 0 Å². The third-order valence-electron chi connectivity index (χ3n) is 2.71. The highest BCUT2D eigenvalue weighted by Crippen LogP contribution is 2.19. The number of nitrogens with two attached hydrogens (primary N) is 1. The molecule has 0 unspecified atom stereocenters. The predicted molar refractivity (Wildman–Crippen MR) is 54.9 cm³/mol. The summed E-state index contributed by atoms with van der Waals surface area (Å²) in [7, 11) is 1.66. The second kappa shape index (κ2) is 4.83. The maximum Gasteiger partial charge on any atom is 0.220 e. The Balaban J connectivity index is 2.29. The first-order valence-corrected chi connectivity index (χ1v) is 4.93. The number of nitrogens with zero attached hydrogens (tertiary/aromatic N) is 1. The average Bonchev–Trinajstić information content (AvgIpc) is 2.18. The minimum absolute atomic E-state index is 0.103. The van der Waals surface area contributed by atoms with Gasteiger partial charge in [0, 0.05) is 26.6 Å². The second-order valence-corrected chi connectivity index (χ2v) is 3.69. The van der Waals surface area contributed by atoms with Crippen molar-refractivity contribution in [2.45, 2.75) is 19.3 Å². The lowest BCUT2D eigenvalue weighted by atomic mass is 9.93. The van der Waals surface area contributed by atoms with Gasteiger partial charge in [-0.25, -0.2) is 0 Å². The SMILES string of the molecule is CNC(=O)CC1CCN(C(=N)N)CC1. The zero-order chi connectivity index (χ0) is 10.6. The van der Waals surface area contributed by atoms with E-state index in [0.29, 0.717) is 12.3 Å². The summed E-state index contributed by atoms with van der Waals surface area (Å²) in [5, 5.41) is 9.88. The van der Waals surface area contributed by atoms with Crippen molar-refractivity contribution in [3.8, 4) is 0 Å². The first-order chi connectivity index (χ1) is 6.63. The van der Waals surface area contributed by atoms with E-state index in [1.165, 1.54) is 0 Å². The van der Waals surface area contributed by atoms with Crippen LogP contribution >= 0.6 is 0 Å². The van der Waals surface area contributed by atoms with Gasteiger partial charge in [-0.1, -0.05) is 0 Å². The van der Waals surface area contributed by atoms with Crippen LogP contribution in [0.5, 0.6) is 0 Å². The normalized spacial score (nSPS) is 17.9. The van der Waals surface area contributed by atoms with Crippen LogP contribution in [0.4, 0.5) is 0 Å². The van der Waals surface area contributed by atoms with Crippen molar-refractivity contribution in [1.82, 2.24) is 10.2 Å². The molecule has 14 heavy (non-hydrogen) atoms. The molecule has 0 aromatic carbocycles. The van der Waals surface area contributed by atoms with Crippen molar-refractivity contribution >= 4 is 11.9 Å². The highest BCUT2D eigenvalue weighted by Gasteiger charge is 2.21. The molecule has 0 spiro atoms. The largest absolute Gasteiger partial charge is 0.370 e. The number of piperidine rings is 1. The molecule has 0 aromatic heterocycles. The van der Waals surface area contributed by atoms with Gasteiger partial charge in [0.25, 0.3) is 0 Å². The molecule has 0 aromatic rings. The number of nitrogens with one attached hydrogen (secondary N) is 2. The van der Waals surface area contributed by atoms with Crippen molar-refractivity contribution < 1.29 is 4.79 Å². The fourth-order valence-electron chi connectivity index (χ4n) is 1.74. The molecule has 0 bridgehead atoms. The summed E-state index contributed by atoms with van der Waals surface area (Å²) in [6, 6.07) is 0. The maximum absolute atomic E-state index is 11.1. The third kappa shape index (κ3) is 2.90. The van der Waals surface area contributed by atoms with Crippen LogP contribution in [0.3, 0.4) is 0 Å². The van der Waals surface area contributed by atoms with Gasteiger partial charge in [0.15, 0.2) is 5.96 Å². The summed E-state index contributed by atoms with van der Waals surface area (Å²) in [5.41, 5.74) is 5.37. The van der Waals surface area contributed by atoms with Gasteiger partial charge in [-0.15, -0.1) is 0 Å². The fourth-order valence-corrected chi connectivity index (χ4v) is 1.74. The van der Waals surface area contributed by atoms with Gasteiger partial charge in [-0.05, 0) is 18.8 Å². The van der Waals surface area contributed by atoms with E-state index >= 15 is 0 Å². The molecule has 0 aliphatic carbocycles. The zero-order valence-corrected chi connectivity index (χ0v) is 8.55. The third-order valence-corrected chi connectivity index (χ3v) is 2.71. The van der Waals surface area contributed by atoms with Gasteiger partial charge in [0.1, 0.15) is 0 Å². The number of guanidine groups is 1. The standard InChI is InChI=1S/C9H18N4O/c1-12-8(14)6-7-2-4-13(5-3-7)9(10)11/h7H,2-6H2,1H3,(H3,10,11)(H,12,14). The molecule has 1 fully saturated rings. The molecule has 4 N–H and O–H groups in total. The van der Waals surface area contributed by atoms with Crippen LogP contribution in [-0.4, -0.2) is 36.9 Å². The van der Waals surface area contributed by atoms with Crippen molar-refractivity contribution in [3.63, 3.8) is 0 Å². The number of carbonyl (C=O) groups is 1. The molecule has 1 saturated heterocycles. The maximum atomic E-state index is 11.1. The molecule has 5 heteroatoms. The lowest BCUT2D eigenvalue weighted by Crippen LogP contribution is -2.42. The van der Waals surface area contributed by atoms with Crippen molar-refractivity contribution in [1.29, 1.82) is 5.41 Å². The molecule has 80 valence electrons. The Morgan fingerprint density at radius 2 is 2.14 bits per heavy atom. The highest BCUT2D eigenvalue weighted by atomic mass is 16.1. The molecule has 1 heterocycles. The predicted octanol–water partition coefficient (Wildman–Crippen LogP) is -0.272. The minimum atomic E-state index is 0.103. The molecule has 5 nitrogen and oxygen atoms in total. The molecule has 1 aliphatic rings. The second-order valence-electron chi connectivity index (χ2n) is 3.69. The van der Waals surface area contributed by atoms with Gasteiger partial charge in [0.2, 0.25) is 5.91 Å². The van der Waals surface area contributed by atoms with E-state index in [1.54, 1.807) is 7.05 Å². The quantitative estimate of drug-likeness (QED) is 0.422. The summed E-state index contributed by atoms with van der Waals surface area (Å²) < 4.78 is 0. The molecule has 1 amide bonds. The first-order valence-electron chi connectivity index (χ1n) is 4.93. The number of carbonyl (C=O) groups excluding carboxylic acids is 1. The van der Waals surface area contributed by atoms with Crippen LogP contribution in [-0.2, 0) is 4.79 Å². The summed E-state index contributed by atoms with van der Waals surface area (Å²) in [6.45, 7) is 1.61. The van der Waals surface area contributed by atoms with Crippen LogP contribution in [0.1, 0.15) is 19.3 Å². The Morgan fingerprint density at radius 3 is 2.57 bits per heavy atom. The van der Waals surface area contributed by atoms with Gasteiger partial charge >= 0.3 is 0 Å². The van der Waals surface area contributed by atoms with E-state index < -0.39 is 0 Å². The van der Waals surface area contributed by atoms with E-state index in [2.05, 4.69) is 5.32 Å². The first kappa shape index (κ1) is 10.8. The van der Waals surface area contributed by atoms with Crippen LogP contribution in [0.15, 0.2) is 0 Å². The zero-order valence-electron chi connectivity index (χ0n) is 8.55.